The number of carbonyl (C=O) groups excluding carboxylic acids is 2. The Morgan fingerprint density at radius 1 is 0.978 bits per heavy atom. The van der Waals surface area contributed by atoms with Gasteiger partial charge in [0, 0.05) is 22.6 Å². The lowest BCUT2D eigenvalue weighted by atomic mass is 9.83. The van der Waals surface area contributed by atoms with Crippen LogP contribution in [0, 0.1) is 24.0 Å². The molecule has 3 N–H and O–H groups in total. The highest BCUT2D eigenvalue weighted by atomic mass is 19.1. The minimum Gasteiger partial charge on any atom is -0.494 e. The van der Waals surface area contributed by atoms with E-state index in [1.807, 2.05) is 0 Å². The molecule has 10 nitrogen and oxygen atoms in total. The van der Waals surface area contributed by atoms with Crippen LogP contribution in [0.25, 0.3) is 10.9 Å². The van der Waals surface area contributed by atoms with Crippen molar-refractivity contribution >= 4 is 45.9 Å². The highest BCUT2D eigenvalue weighted by molar-refractivity contribution is 6.16. The first-order valence-corrected chi connectivity index (χ1v) is 14.0. The van der Waals surface area contributed by atoms with Crippen LogP contribution < -0.4 is 20.1 Å². The first kappa shape index (κ1) is 32.9. The molecular weight excluding hydrogens is 586 g/mol. The Hall–Kier alpha value is -5.00. The molecule has 0 bridgehead atoms. The third-order valence-electron chi connectivity index (χ3n) is 7.46. The van der Waals surface area contributed by atoms with E-state index in [0.717, 1.165) is 20.3 Å². The van der Waals surface area contributed by atoms with E-state index in [9.17, 15) is 19.5 Å². The number of amides is 1. The Morgan fingerprint density at radius 3 is 2.04 bits per heavy atom. The van der Waals surface area contributed by atoms with Crippen LogP contribution in [0.3, 0.4) is 0 Å². The van der Waals surface area contributed by atoms with Crippen LogP contribution in [-0.4, -0.2) is 46.7 Å². The number of benzene rings is 2. The quantitative estimate of drug-likeness (QED) is 0.173. The summed E-state index contributed by atoms with van der Waals surface area (Å²) in [6.07, 6.45) is -0.368. The van der Waals surface area contributed by atoms with Gasteiger partial charge in [-0.2, -0.15) is 0 Å². The molecule has 0 fully saturated rings. The molecule has 2 heterocycles. The van der Waals surface area contributed by atoms with Crippen LogP contribution in [-0.2, 0) is 10.2 Å². The summed E-state index contributed by atoms with van der Waals surface area (Å²) < 4.78 is 41.8. The first-order valence-electron chi connectivity index (χ1n) is 14.0. The Morgan fingerprint density at radius 2 is 1.56 bits per heavy atom. The minimum absolute atomic E-state index is 0.0253. The molecule has 2 aromatic carbocycles. The molecule has 0 radical (unpaired) electrons. The fourth-order valence-electron chi connectivity index (χ4n) is 5.23. The summed E-state index contributed by atoms with van der Waals surface area (Å²) >= 11 is 0. The molecule has 4 rings (SSSR count). The molecule has 2 aromatic heterocycles. The number of carbonyl (C=O) groups is 3. The molecule has 0 aliphatic rings. The fraction of sp³-hybridized carbons (Fsp3) is 0.333. The van der Waals surface area contributed by atoms with E-state index in [0.29, 0.717) is 21.5 Å². The van der Waals surface area contributed by atoms with Crippen molar-refractivity contribution in [2.24, 2.45) is 5.41 Å². The second kappa shape index (κ2) is 11.5. The Kier molecular flexibility index (Phi) is 8.40. The molecule has 0 spiro atoms. The lowest BCUT2D eigenvalue weighted by molar-refractivity contribution is -0.125. The average molecular weight is 623 g/mol. The SMILES string of the molecule is COc1cc(OC)c(F)c(C(=O)c2c(C(C)(C)C)c3cc(N(C(=O)C(C)(C)C)c4cccc(N)c4C)ncc3n2C(=O)O)c1F. The van der Waals surface area contributed by atoms with Gasteiger partial charge in [-0.05, 0) is 41.7 Å². The topological polar surface area (TPSA) is 137 Å². The number of fused-ring (bicyclic) bond motifs is 1. The maximum atomic E-state index is 15.6. The predicted molar refractivity (Wildman–Crippen MR) is 167 cm³/mol. The maximum absolute atomic E-state index is 15.6. The van der Waals surface area contributed by atoms with Gasteiger partial charge < -0.3 is 20.3 Å². The second-order valence-corrected chi connectivity index (χ2v) is 12.6. The van der Waals surface area contributed by atoms with Gasteiger partial charge in [-0.3, -0.25) is 14.5 Å². The van der Waals surface area contributed by atoms with Gasteiger partial charge in [-0.25, -0.2) is 23.1 Å². The number of methoxy groups -OCH3 is 2. The van der Waals surface area contributed by atoms with E-state index in [1.165, 1.54) is 17.2 Å². The first-order chi connectivity index (χ1) is 20.9. The number of nitrogens with two attached hydrogens (primary N) is 1. The summed E-state index contributed by atoms with van der Waals surface area (Å²) in [5.74, 6) is -5.03. The van der Waals surface area contributed by atoms with Gasteiger partial charge in [0.25, 0.3) is 0 Å². The second-order valence-electron chi connectivity index (χ2n) is 12.6. The molecule has 4 aromatic rings. The lowest BCUT2D eigenvalue weighted by Gasteiger charge is -2.30. The molecule has 12 heteroatoms. The summed E-state index contributed by atoms with van der Waals surface area (Å²) in [6, 6.07) is 7.56. The van der Waals surface area contributed by atoms with Crippen molar-refractivity contribution in [3.8, 4) is 11.5 Å². The Bertz CT molecular complexity index is 1840. The fourth-order valence-corrected chi connectivity index (χ4v) is 5.23. The molecule has 0 saturated carbocycles. The Labute approximate surface area is 259 Å². The average Bonchev–Trinajstić information content (AvgIpc) is 3.30. The van der Waals surface area contributed by atoms with E-state index in [1.54, 1.807) is 66.7 Å². The van der Waals surface area contributed by atoms with Crippen molar-refractivity contribution in [2.75, 3.05) is 24.9 Å². The van der Waals surface area contributed by atoms with E-state index in [2.05, 4.69) is 4.98 Å². The molecule has 0 saturated heterocycles. The summed E-state index contributed by atoms with van der Waals surface area (Å²) in [5, 5.41) is 10.6. The van der Waals surface area contributed by atoms with Gasteiger partial charge in [0.1, 0.15) is 17.1 Å². The van der Waals surface area contributed by atoms with Crippen molar-refractivity contribution < 1.29 is 37.7 Å². The summed E-state index contributed by atoms with van der Waals surface area (Å²) in [5.41, 5.74) is 4.47. The number of anilines is 3. The number of pyridine rings is 1. The van der Waals surface area contributed by atoms with Gasteiger partial charge in [0.15, 0.2) is 23.1 Å². The van der Waals surface area contributed by atoms with Crippen LogP contribution in [0.4, 0.5) is 30.8 Å². The summed E-state index contributed by atoms with van der Waals surface area (Å²) in [6.45, 7) is 12.2. The van der Waals surface area contributed by atoms with E-state index in [4.69, 9.17) is 15.2 Å². The zero-order valence-corrected chi connectivity index (χ0v) is 26.6. The van der Waals surface area contributed by atoms with Crippen molar-refractivity contribution in [3.63, 3.8) is 0 Å². The summed E-state index contributed by atoms with van der Waals surface area (Å²) in [7, 11) is 2.28. The number of ether oxygens (including phenoxy) is 2. The summed E-state index contributed by atoms with van der Waals surface area (Å²) in [4.78, 5) is 46.7. The Balaban J connectivity index is 2.15. The van der Waals surface area contributed by atoms with Gasteiger partial charge in [-0.15, -0.1) is 0 Å². The van der Waals surface area contributed by atoms with Crippen LogP contribution in [0.2, 0.25) is 0 Å². The van der Waals surface area contributed by atoms with Crippen LogP contribution in [0.5, 0.6) is 11.5 Å². The van der Waals surface area contributed by atoms with Crippen molar-refractivity contribution in [1.29, 1.82) is 0 Å². The molecule has 0 aliphatic heterocycles. The van der Waals surface area contributed by atoms with Gasteiger partial charge >= 0.3 is 6.09 Å². The van der Waals surface area contributed by atoms with Crippen molar-refractivity contribution in [3.05, 3.63) is 70.5 Å². The van der Waals surface area contributed by atoms with E-state index in [-0.39, 0.29) is 28.2 Å². The van der Waals surface area contributed by atoms with Crippen molar-refractivity contribution in [2.45, 2.75) is 53.9 Å². The van der Waals surface area contributed by atoms with Crippen molar-refractivity contribution in [1.82, 2.24) is 9.55 Å². The molecule has 0 atom stereocenters. The van der Waals surface area contributed by atoms with Crippen LogP contribution >= 0.6 is 0 Å². The molecule has 238 valence electrons. The third kappa shape index (κ3) is 5.56. The zero-order valence-electron chi connectivity index (χ0n) is 26.6. The number of ketones is 1. The zero-order chi connectivity index (χ0) is 33.8. The smallest absolute Gasteiger partial charge is 0.416 e. The van der Waals surface area contributed by atoms with E-state index < -0.39 is 57.1 Å². The molecule has 0 unspecified atom stereocenters. The number of aromatic nitrogens is 2. The normalized spacial score (nSPS) is 11.9. The van der Waals surface area contributed by atoms with Crippen LogP contribution in [0.15, 0.2) is 36.5 Å². The van der Waals surface area contributed by atoms with Gasteiger partial charge in [-0.1, -0.05) is 47.6 Å². The van der Waals surface area contributed by atoms with Gasteiger partial charge in [0.05, 0.1) is 31.6 Å². The molecular formula is C33H36F2N4O6. The highest BCUT2D eigenvalue weighted by Gasteiger charge is 2.38. The molecule has 1 amide bonds. The highest BCUT2D eigenvalue weighted by Crippen LogP contribution is 2.42. The number of rotatable bonds is 6. The number of hydrogen-bond donors (Lipinski definition) is 2. The molecule has 0 aliphatic carbocycles. The lowest BCUT2D eigenvalue weighted by Crippen LogP contribution is -2.37. The standard InChI is InChI=1S/C33H36F2N4O6/c1-16-18(36)11-10-12-19(16)38(30(41)33(5,6)7)23-13-17-20(15-37-23)39(31(42)43)28(25(17)32(2,3)4)29(40)24-26(34)21(44-8)14-22(45-9)27(24)35/h10-15H,36H2,1-9H3,(H,42,43). The number of halogens is 2. The predicted octanol–water partition coefficient (Wildman–Crippen LogP) is 6.99. The number of hydrogen-bond acceptors (Lipinski definition) is 7. The number of carboxylic acid groups (broad SMARTS) is 1. The van der Waals surface area contributed by atoms with Crippen LogP contribution in [0.1, 0.15) is 68.7 Å². The van der Waals surface area contributed by atoms with E-state index >= 15 is 8.78 Å². The molecule has 45 heavy (non-hydrogen) atoms. The number of nitrogen functional groups attached to an aromatic ring is 1. The maximum Gasteiger partial charge on any atom is 0.416 e. The largest absolute Gasteiger partial charge is 0.494 e. The monoisotopic (exact) mass is 622 g/mol. The third-order valence-corrected chi connectivity index (χ3v) is 7.46. The number of nitrogens with zero attached hydrogens (tertiary/aromatic N) is 3. The minimum atomic E-state index is -1.58. The van der Waals surface area contributed by atoms with Gasteiger partial charge in [0.2, 0.25) is 11.7 Å².